The Morgan fingerprint density at radius 3 is 2.76 bits per heavy atom. The van der Waals surface area contributed by atoms with Gasteiger partial charge in [-0.1, -0.05) is 6.92 Å². The Morgan fingerprint density at radius 2 is 2.18 bits per heavy atom. The number of carbonyl (C=O) groups is 2. The fraction of sp³-hybridized carbons (Fsp3) is 0.818. The minimum atomic E-state index is -0.734. The van der Waals surface area contributed by atoms with Crippen LogP contribution in [0.4, 0.5) is 0 Å². The summed E-state index contributed by atoms with van der Waals surface area (Å²) in [5.74, 6) is -0.0188. The van der Waals surface area contributed by atoms with Gasteiger partial charge in [0.2, 0.25) is 11.8 Å². The van der Waals surface area contributed by atoms with Gasteiger partial charge in [0, 0.05) is 13.1 Å². The maximum atomic E-state index is 11.8. The minimum absolute atomic E-state index is 0.0252. The molecule has 0 aromatic heterocycles. The summed E-state index contributed by atoms with van der Waals surface area (Å²) >= 11 is 1.22. The van der Waals surface area contributed by atoms with Crippen LogP contribution < -0.4 is 5.73 Å². The maximum Gasteiger partial charge on any atom is 0.232 e. The normalized spacial score (nSPS) is 24.7. The van der Waals surface area contributed by atoms with E-state index in [1.165, 1.54) is 11.8 Å². The molecule has 0 bridgehead atoms. The third-order valence-corrected chi connectivity index (χ3v) is 3.98. The molecule has 0 spiro atoms. The number of primary amides is 1. The van der Waals surface area contributed by atoms with Gasteiger partial charge in [0.1, 0.15) is 0 Å². The van der Waals surface area contributed by atoms with E-state index in [9.17, 15) is 14.7 Å². The molecule has 0 aromatic rings. The lowest BCUT2D eigenvalue weighted by atomic mass is 9.90. The zero-order chi connectivity index (χ0) is 12.9. The van der Waals surface area contributed by atoms with E-state index in [-0.39, 0.29) is 17.4 Å². The van der Waals surface area contributed by atoms with Crippen molar-refractivity contribution in [3.8, 4) is 0 Å². The Hall–Kier alpha value is -0.750. The molecule has 1 aliphatic heterocycles. The molecule has 2 amide bonds. The van der Waals surface area contributed by atoms with Crippen molar-refractivity contribution in [1.82, 2.24) is 4.90 Å². The van der Waals surface area contributed by atoms with Crippen LogP contribution in [0.25, 0.3) is 0 Å². The first kappa shape index (κ1) is 14.3. The van der Waals surface area contributed by atoms with Crippen LogP contribution in [0.1, 0.15) is 26.2 Å². The van der Waals surface area contributed by atoms with Crippen molar-refractivity contribution in [3.05, 3.63) is 0 Å². The van der Waals surface area contributed by atoms with Crippen molar-refractivity contribution in [2.75, 3.05) is 24.6 Å². The Labute approximate surface area is 106 Å². The quantitative estimate of drug-likeness (QED) is 0.727. The molecule has 1 saturated heterocycles. The molecule has 6 heteroatoms. The first-order valence-corrected chi connectivity index (χ1v) is 6.98. The summed E-state index contributed by atoms with van der Waals surface area (Å²) < 4.78 is 0. The lowest BCUT2D eigenvalue weighted by Crippen LogP contribution is -2.50. The van der Waals surface area contributed by atoms with E-state index >= 15 is 0 Å². The summed E-state index contributed by atoms with van der Waals surface area (Å²) in [7, 11) is 0. The van der Waals surface area contributed by atoms with Gasteiger partial charge in [-0.2, -0.15) is 0 Å². The first-order chi connectivity index (χ1) is 7.97. The molecular weight excluding hydrogens is 240 g/mol. The largest absolute Gasteiger partial charge is 0.388 e. The number of carbonyl (C=O) groups excluding carboxylic acids is 2. The average molecular weight is 260 g/mol. The number of aliphatic hydroxyl groups is 1. The molecule has 17 heavy (non-hydrogen) atoms. The highest BCUT2D eigenvalue weighted by Crippen LogP contribution is 2.24. The Balaban J connectivity index is 2.38. The fourth-order valence-corrected chi connectivity index (χ4v) is 2.60. The topological polar surface area (TPSA) is 83.6 Å². The zero-order valence-corrected chi connectivity index (χ0v) is 11.0. The Kier molecular flexibility index (Phi) is 5.27. The molecule has 1 aliphatic rings. The third kappa shape index (κ3) is 4.55. The van der Waals surface area contributed by atoms with Crippen LogP contribution in [0.5, 0.6) is 0 Å². The van der Waals surface area contributed by atoms with Crippen LogP contribution in [0.15, 0.2) is 0 Å². The summed E-state index contributed by atoms with van der Waals surface area (Å²) in [6.45, 7) is 3.02. The van der Waals surface area contributed by atoms with Crippen LogP contribution in [0.3, 0.4) is 0 Å². The fourth-order valence-electron chi connectivity index (χ4n) is 1.94. The highest BCUT2D eigenvalue weighted by atomic mass is 32.2. The van der Waals surface area contributed by atoms with Crippen molar-refractivity contribution in [1.29, 1.82) is 0 Å². The lowest BCUT2D eigenvalue weighted by Gasteiger charge is -2.38. The second-order valence-electron chi connectivity index (χ2n) is 4.46. The predicted molar refractivity (Wildman–Crippen MR) is 67.6 cm³/mol. The van der Waals surface area contributed by atoms with Gasteiger partial charge >= 0.3 is 0 Å². The van der Waals surface area contributed by atoms with E-state index in [0.717, 1.165) is 12.8 Å². The number of thioether (sulfide) groups is 1. The SMILES string of the molecule is CCC1(O)CCCN(C(=O)CSCC(N)=O)C1. The molecule has 1 atom stereocenters. The molecule has 98 valence electrons. The molecule has 1 unspecified atom stereocenters. The summed E-state index contributed by atoms with van der Waals surface area (Å²) in [5.41, 5.74) is 4.26. The van der Waals surface area contributed by atoms with Crippen molar-refractivity contribution in [3.63, 3.8) is 0 Å². The van der Waals surface area contributed by atoms with Gasteiger partial charge in [-0.3, -0.25) is 9.59 Å². The number of β-amino-alcohol motifs (C(OH)–C–C–N with tert-alkyl or cyclic N) is 1. The average Bonchev–Trinajstić information content (AvgIpc) is 2.28. The van der Waals surface area contributed by atoms with E-state index < -0.39 is 11.5 Å². The number of amides is 2. The monoisotopic (exact) mass is 260 g/mol. The molecule has 1 heterocycles. The van der Waals surface area contributed by atoms with E-state index in [1.807, 2.05) is 6.92 Å². The Morgan fingerprint density at radius 1 is 1.47 bits per heavy atom. The second-order valence-corrected chi connectivity index (χ2v) is 5.44. The van der Waals surface area contributed by atoms with Gasteiger partial charge in [-0.25, -0.2) is 0 Å². The number of nitrogens with two attached hydrogens (primary N) is 1. The zero-order valence-electron chi connectivity index (χ0n) is 10.1. The van der Waals surface area contributed by atoms with Crippen molar-refractivity contribution in [2.24, 2.45) is 5.73 Å². The molecule has 1 fully saturated rings. The summed E-state index contributed by atoms with van der Waals surface area (Å²) in [6, 6.07) is 0. The van der Waals surface area contributed by atoms with Crippen LogP contribution in [-0.2, 0) is 9.59 Å². The third-order valence-electron chi connectivity index (χ3n) is 3.04. The first-order valence-electron chi connectivity index (χ1n) is 5.83. The summed E-state index contributed by atoms with van der Waals surface area (Å²) in [6.07, 6.45) is 2.24. The van der Waals surface area contributed by atoms with Crippen molar-refractivity contribution in [2.45, 2.75) is 31.8 Å². The van der Waals surface area contributed by atoms with E-state index in [2.05, 4.69) is 0 Å². The van der Waals surface area contributed by atoms with E-state index in [0.29, 0.717) is 19.5 Å². The van der Waals surface area contributed by atoms with Crippen LogP contribution in [0, 0.1) is 0 Å². The number of piperidine rings is 1. The molecule has 0 aliphatic carbocycles. The van der Waals surface area contributed by atoms with Crippen molar-refractivity contribution < 1.29 is 14.7 Å². The predicted octanol–water partition coefficient (Wildman–Crippen LogP) is -0.0316. The maximum absolute atomic E-state index is 11.8. The molecule has 0 saturated carbocycles. The number of hydrogen-bond donors (Lipinski definition) is 2. The molecule has 0 radical (unpaired) electrons. The van der Waals surface area contributed by atoms with Gasteiger partial charge in [0.05, 0.1) is 17.1 Å². The minimum Gasteiger partial charge on any atom is -0.388 e. The van der Waals surface area contributed by atoms with Crippen LogP contribution in [0.2, 0.25) is 0 Å². The Bertz CT molecular complexity index is 298. The van der Waals surface area contributed by atoms with Crippen molar-refractivity contribution >= 4 is 23.6 Å². The highest BCUT2D eigenvalue weighted by Gasteiger charge is 2.33. The number of nitrogens with zero attached hydrogens (tertiary/aromatic N) is 1. The molecule has 5 nitrogen and oxygen atoms in total. The number of hydrogen-bond acceptors (Lipinski definition) is 4. The summed E-state index contributed by atoms with van der Waals surface area (Å²) in [5, 5.41) is 10.1. The highest BCUT2D eigenvalue weighted by molar-refractivity contribution is 8.00. The standard InChI is InChI=1S/C11H20N2O3S/c1-2-11(16)4-3-5-13(8-11)10(15)7-17-6-9(12)14/h16H,2-8H2,1H3,(H2,12,14). The molecule has 1 rings (SSSR count). The van der Waals surface area contributed by atoms with Gasteiger partial charge < -0.3 is 15.7 Å². The van der Waals surface area contributed by atoms with Gasteiger partial charge in [0.15, 0.2) is 0 Å². The number of likely N-dealkylation sites (tertiary alicyclic amines) is 1. The summed E-state index contributed by atoms with van der Waals surface area (Å²) in [4.78, 5) is 24.0. The van der Waals surface area contributed by atoms with Gasteiger partial charge in [-0.05, 0) is 19.3 Å². The molecule has 0 aromatic carbocycles. The van der Waals surface area contributed by atoms with Crippen LogP contribution >= 0.6 is 11.8 Å². The van der Waals surface area contributed by atoms with Gasteiger partial charge in [0.25, 0.3) is 0 Å². The lowest BCUT2D eigenvalue weighted by molar-refractivity contribution is -0.135. The smallest absolute Gasteiger partial charge is 0.232 e. The van der Waals surface area contributed by atoms with E-state index in [1.54, 1.807) is 4.90 Å². The number of rotatable bonds is 5. The van der Waals surface area contributed by atoms with E-state index in [4.69, 9.17) is 5.73 Å². The molecule has 3 N–H and O–H groups in total. The second kappa shape index (κ2) is 6.26. The van der Waals surface area contributed by atoms with Gasteiger partial charge in [-0.15, -0.1) is 11.8 Å². The van der Waals surface area contributed by atoms with Crippen LogP contribution in [-0.4, -0.2) is 52.0 Å². The molecular formula is C11H20N2O3S.